The highest BCUT2D eigenvalue weighted by Gasteiger charge is 2.42. The summed E-state index contributed by atoms with van der Waals surface area (Å²) in [5, 5.41) is 0. The molecule has 16 heavy (non-hydrogen) atoms. The number of rotatable bonds is 4. The van der Waals surface area contributed by atoms with E-state index in [0.29, 0.717) is 13.2 Å². The lowest BCUT2D eigenvalue weighted by molar-refractivity contribution is -0.203. The van der Waals surface area contributed by atoms with E-state index < -0.39 is 0 Å². The Hall–Kier alpha value is -1.26. The highest BCUT2D eigenvalue weighted by Crippen LogP contribution is 2.39. The fourth-order valence-electron chi connectivity index (χ4n) is 1.85. The van der Waals surface area contributed by atoms with Gasteiger partial charge in [-0.1, -0.05) is 0 Å². The largest absolute Gasteiger partial charge is 0.497 e. The minimum Gasteiger partial charge on any atom is -0.497 e. The van der Waals surface area contributed by atoms with Crippen molar-refractivity contribution in [3.8, 4) is 11.5 Å². The molecule has 1 aromatic carbocycles. The molecule has 1 aromatic rings. The average molecular weight is 224 g/mol. The number of hydrogen-bond donors (Lipinski definition) is 0. The lowest BCUT2D eigenvalue weighted by Crippen LogP contribution is -2.48. The third-order valence-electron chi connectivity index (χ3n) is 2.96. The monoisotopic (exact) mass is 224 g/mol. The molecule has 0 radical (unpaired) electrons. The van der Waals surface area contributed by atoms with E-state index in [2.05, 4.69) is 0 Å². The maximum Gasteiger partial charge on any atom is 0.143 e. The van der Waals surface area contributed by atoms with Crippen LogP contribution in [0.4, 0.5) is 0 Å². The molecule has 4 heteroatoms. The molecule has 0 spiro atoms. The van der Waals surface area contributed by atoms with E-state index >= 15 is 0 Å². The Bertz CT molecular complexity index is 366. The first-order valence-corrected chi connectivity index (χ1v) is 5.11. The molecule has 1 saturated heterocycles. The van der Waals surface area contributed by atoms with E-state index in [1.807, 2.05) is 18.2 Å². The molecule has 88 valence electrons. The van der Waals surface area contributed by atoms with E-state index in [0.717, 1.165) is 17.1 Å². The van der Waals surface area contributed by atoms with E-state index in [1.165, 1.54) is 0 Å². The summed E-state index contributed by atoms with van der Waals surface area (Å²) >= 11 is 0. The van der Waals surface area contributed by atoms with E-state index in [1.54, 1.807) is 21.3 Å². The Morgan fingerprint density at radius 1 is 1.12 bits per heavy atom. The molecule has 0 atom stereocenters. The molecule has 0 amide bonds. The van der Waals surface area contributed by atoms with E-state index in [-0.39, 0.29) is 5.60 Å². The van der Waals surface area contributed by atoms with Gasteiger partial charge in [-0.2, -0.15) is 0 Å². The van der Waals surface area contributed by atoms with Crippen molar-refractivity contribution in [2.45, 2.75) is 5.60 Å². The van der Waals surface area contributed by atoms with Gasteiger partial charge in [-0.05, 0) is 12.1 Å². The van der Waals surface area contributed by atoms with Crippen molar-refractivity contribution in [1.82, 2.24) is 0 Å². The maximum atomic E-state index is 5.53. The second-order valence-electron chi connectivity index (χ2n) is 3.76. The number of ether oxygens (including phenoxy) is 4. The zero-order valence-electron chi connectivity index (χ0n) is 9.78. The molecule has 2 rings (SSSR count). The summed E-state index contributed by atoms with van der Waals surface area (Å²) in [6.07, 6.45) is 0. The Morgan fingerprint density at radius 2 is 1.88 bits per heavy atom. The van der Waals surface area contributed by atoms with Crippen LogP contribution in [-0.4, -0.2) is 34.5 Å². The summed E-state index contributed by atoms with van der Waals surface area (Å²) in [5.74, 6) is 1.54. The highest BCUT2D eigenvalue weighted by molar-refractivity contribution is 5.45. The zero-order valence-corrected chi connectivity index (χ0v) is 9.78. The molecule has 0 bridgehead atoms. The second-order valence-corrected chi connectivity index (χ2v) is 3.76. The van der Waals surface area contributed by atoms with Gasteiger partial charge in [-0.3, -0.25) is 0 Å². The van der Waals surface area contributed by atoms with Gasteiger partial charge in [-0.25, -0.2) is 0 Å². The molecule has 4 nitrogen and oxygen atoms in total. The smallest absolute Gasteiger partial charge is 0.143 e. The predicted molar refractivity (Wildman–Crippen MR) is 59.1 cm³/mol. The third-order valence-corrected chi connectivity index (χ3v) is 2.96. The molecule has 0 unspecified atom stereocenters. The van der Waals surface area contributed by atoms with Gasteiger partial charge < -0.3 is 18.9 Å². The molecule has 1 aliphatic heterocycles. The summed E-state index contributed by atoms with van der Waals surface area (Å²) in [5.41, 5.74) is 0.641. The van der Waals surface area contributed by atoms with E-state index in [9.17, 15) is 0 Å². The number of hydrogen-bond acceptors (Lipinski definition) is 4. The lowest BCUT2D eigenvalue weighted by Gasteiger charge is -2.41. The van der Waals surface area contributed by atoms with Gasteiger partial charge >= 0.3 is 0 Å². The first-order chi connectivity index (χ1) is 7.75. The second kappa shape index (κ2) is 4.31. The molecule has 0 aromatic heterocycles. The van der Waals surface area contributed by atoms with Gasteiger partial charge in [0, 0.05) is 18.7 Å². The van der Waals surface area contributed by atoms with Crippen molar-refractivity contribution in [2.75, 3.05) is 34.5 Å². The first-order valence-electron chi connectivity index (χ1n) is 5.11. The van der Waals surface area contributed by atoms with Crippen LogP contribution < -0.4 is 9.47 Å². The van der Waals surface area contributed by atoms with Crippen molar-refractivity contribution in [3.05, 3.63) is 23.8 Å². The van der Waals surface area contributed by atoms with Gasteiger partial charge in [0.2, 0.25) is 0 Å². The van der Waals surface area contributed by atoms with Crippen molar-refractivity contribution in [1.29, 1.82) is 0 Å². The third kappa shape index (κ3) is 1.64. The van der Waals surface area contributed by atoms with Crippen LogP contribution >= 0.6 is 0 Å². The van der Waals surface area contributed by atoms with Crippen LogP contribution in [0, 0.1) is 0 Å². The van der Waals surface area contributed by atoms with Crippen LogP contribution in [0.15, 0.2) is 18.2 Å². The van der Waals surface area contributed by atoms with Crippen LogP contribution in [0.25, 0.3) is 0 Å². The molecule has 0 saturated carbocycles. The first kappa shape index (κ1) is 11.2. The van der Waals surface area contributed by atoms with Gasteiger partial charge in [0.05, 0.1) is 27.4 Å². The van der Waals surface area contributed by atoms with Crippen LogP contribution in [0.3, 0.4) is 0 Å². The fourth-order valence-corrected chi connectivity index (χ4v) is 1.85. The summed E-state index contributed by atoms with van der Waals surface area (Å²) < 4.78 is 21.3. The van der Waals surface area contributed by atoms with Gasteiger partial charge in [0.1, 0.15) is 17.1 Å². The fraction of sp³-hybridized carbons (Fsp3) is 0.500. The van der Waals surface area contributed by atoms with Gasteiger partial charge in [0.25, 0.3) is 0 Å². The molecule has 0 N–H and O–H groups in total. The van der Waals surface area contributed by atoms with Crippen LogP contribution in [-0.2, 0) is 15.1 Å². The number of benzene rings is 1. The highest BCUT2D eigenvalue weighted by atomic mass is 16.6. The average Bonchev–Trinajstić information content (AvgIpc) is 2.28. The zero-order chi connectivity index (χ0) is 11.6. The van der Waals surface area contributed by atoms with Crippen molar-refractivity contribution >= 4 is 0 Å². The molecular weight excluding hydrogens is 208 g/mol. The lowest BCUT2D eigenvalue weighted by atomic mass is 9.91. The minimum absolute atomic E-state index is 0.363. The molecule has 1 heterocycles. The Labute approximate surface area is 95.1 Å². The standard InChI is InChI=1S/C12H16O4/c1-13-9-4-5-10(11(6-9)14-2)12(15-3)7-16-8-12/h4-6H,7-8H2,1-3H3. The van der Waals surface area contributed by atoms with Crippen molar-refractivity contribution in [2.24, 2.45) is 0 Å². The number of methoxy groups -OCH3 is 3. The Balaban J connectivity index is 2.39. The minimum atomic E-state index is -0.363. The Morgan fingerprint density at radius 3 is 2.31 bits per heavy atom. The summed E-state index contributed by atoms with van der Waals surface area (Å²) in [6, 6.07) is 5.72. The van der Waals surface area contributed by atoms with Gasteiger partial charge in [-0.15, -0.1) is 0 Å². The molecular formula is C12H16O4. The quantitative estimate of drug-likeness (QED) is 0.778. The summed E-state index contributed by atoms with van der Waals surface area (Å²) in [4.78, 5) is 0. The van der Waals surface area contributed by atoms with Crippen LogP contribution in [0.2, 0.25) is 0 Å². The summed E-state index contributed by atoms with van der Waals surface area (Å²) in [7, 11) is 4.96. The maximum absolute atomic E-state index is 5.53. The predicted octanol–water partition coefficient (Wildman–Crippen LogP) is 1.58. The molecule has 0 aliphatic carbocycles. The summed E-state index contributed by atoms with van der Waals surface area (Å²) in [6.45, 7) is 1.12. The molecule has 1 aliphatic rings. The van der Waals surface area contributed by atoms with Crippen LogP contribution in [0.5, 0.6) is 11.5 Å². The van der Waals surface area contributed by atoms with E-state index in [4.69, 9.17) is 18.9 Å². The van der Waals surface area contributed by atoms with Gasteiger partial charge in [0.15, 0.2) is 0 Å². The van der Waals surface area contributed by atoms with Crippen molar-refractivity contribution < 1.29 is 18.9 Å². The van der Waals surface area contributed by atoms with Crippen LogP contribution in [0.1, 0.15) is 5.56 Å². The normalized spacial score (nSPS) is 17.7. The topological polar surface area (TPSA) is 36.9 Å². The Kier molecular flexibility index (Phi) is 3.03. The molecule has 1 fully saturated rings. The SMILES string of the molecule is COc1ccc(C2(OC)COC2)c(OC)c1. The van der Waals surface area contributed by atoms with Crippen molar-refractivity contribution in [3.63, 3.8) is 0 Å².